The van der Waals surface area contributed by atoms with Gasteiger partial charge in [-0.25, -0.2) is 0 Å². The van der Waals surface area contributed by atoms with Gasteiger partial charge in [-0.1, -0.05) is 12.1 Å². The minimum Gasteiger partial charge on any atom is -0.483 e. The molecule has 0 unspecified atom stereocenters. The molecule has 2 aromatic rings. The fourth-order valence-electron chi connectivity index (χ4n) is 1.97. The number of aryl methyl sites for hydroxylation is 2. The van der Waals surface area contributed by atoms with Crippen molar-refractivity contribution in [1.29, 1.82) is 0 Å². The molecule has 10 heteroatoms. The second kappa shape index (κ2) is 7.89. The van der Waals surface area contributed by atoms with Gasteiger partial charge < -0.3 is 4.74 Å². The molecule has 0 atom stereocenters. The lowest BCUT2D eigenvalue weighted by atomic mass is 10.1. The molecule has 0 aliphatic rings. The number of carbonyl (C=O) groups is 2. The first-order valence-electron chi connectivity index (χ1n) is 7.53. The van der Waals surface area contributed by atoms with Crippen LogP contribution in [0.3, 0.4) is 0 Å². The molecule has 1 aromatic heterocycles. The number of hydrogen-bond donors (Lipinski definition) is 2. The number of carbonyl (C=O) groups excluding carboxylic acids is 2. The molecule has 2 rings (SSSR count). The molecule has 0 saturated heterocycles. The predicted octanol–water partition coefficient (Wildman–Crippen LogP) is 1.75. The number of aromatic nitrogens is 2. The summed E-state index contributed by atoms with van der Waals surface area (Å²) in [7, 11) is 0. The van der Waals surface area contributed by atoms with Gasteiger partial charge in [-0.05, 0) is 37.1 Å². The summed E-state index contributed by atoms with van der Waals surface area (Å²) in [6, 6.07) is 6.28. The fraction of sp³-hybridized carbons (Fsp3) is 0.312. The maximum Gasteiger partial charge on any atom is 0.435 e. The van der Waals surface area contributed by atoms with Gasteiger partial charge in [0, 0.05) is 6.20 Å². The summed E-state index contributed by atoms with van der Waals surface area (Å²) in [5.74, 6) is -0.805. The highest BCUT2D eigenvalue weighted by Crippen LogP contribution is 2.27. The van der Waals surface area contributed by atoms with E-state index in [0.29, 0.717) is 5.75 Å². The molecule has 0 spiro atoms. The number of halogens is 3. The predicted molar refractivity (Wildman–Crippen MR) is 84.9 cm³/mol. The monoisotopic (exact) mass is 370 g/mol. The van der Waals surface area contributed by atoms with Gasteiger partial charge in [-0.15, -0.1) is 0 Å². The molecule has 26 heavy (non-hydrogen) atoms. The summed E-state index contributed by atoms with van der Waals surface area (Å²) in [6.45, 7) is 2.90. The van der Waals surface area contributed by atoms with Crippen LogP contribution in [0.2, 0.25) is 0 Å². The second-order valence-corrected chi connectivity index (χ2v) is 5.55. The maximum absolute atomic E-state index is 12.4. The van der Waals surface area contributed by atoms with E-state index in [9.17, 15) is 22.8 Å². The molecule has 1 aromatic carbocycles. The van der Waals surface area contributed by atoms with E-state index in [1.165, 1.54) is 0 Å². The van der Waals surface area contributed by atoms with E-state index < -0.39 is 30.2 Å². The third-order valence-electron chi connectivity index (χ3n) is 3.28. The summed E-state index contributed by atoms with van der Waals surface area (Å²) in [4.78, 5) is 23.3. The number of rotatable bonds is 5. The first-order valence-corrected chi connectivity index (χ1v) is 7.53. The Labute approximate surface area is 147 Å². The number of alkyl halides is 3. The van der Waals surface area contributed by atoms with Gasteiger partial charge in [-0.2, -0.15) is 18.3 Å². The number of nitrogens with one attached hydrogen (secondary N) is 2. The van der Waals surface area contributed by atoms with Crippen LogP contribution in [0.25, 0.3) is 0 Å². The summed E-state index contributed by atoms with van der Waals surface area (Å²) >= 11 is 0. The van der Waals surface area contributed by atoms with Gasteiger partial charge in [0.05, 0.1) is 0 Å². The molecule has 2 amide bonds. The molecule has 0 bridgehead atoms. The lowest BCUT2D eigenvalue weighted by Crippen LogP contribution is -2.45. The molecule has 140 valence electrons. The Morgan fingerprint density at radius 3 is 2.50 bits per heavy atom. The smallest absolute Gasteiger partial charge is 0.435 e. The van der Waals surface area contributed by atoms with Gasteiger partial charge in [0.2, 0.25) is 0 Å². The number of amides is 2. The third-order valence-corrected chi connectivity index (χ3v) is 3.28. The number of nitrogens with zero attached hydrogens (tertiary/aromatic N) is 2. The molecule has 0 aliphatic heterocycles. The van der Waals surface area contributed by atoms with Crippen LogP contribution in [0.1, 0.15) is 16.8 Å². The number of benzene rings is 1. The van der Waals surface area contributed by atoms with Crippen LogP contribution in [-0.4, -0.2) is 28.2 Å². The highest BCUT2D eigenvalue weighted by molar-refractivity contribution is 5.82. The molecule has 2 N–H and O–H groups in total. The normalized spacial score (nSPS) is 11.1. The zero-order valence-electron chi connectivity index (χ0n) is 14.1. The topological polar surface area (TPSA) is 85.3 Å². The van der Waals surface area contributed by atoms with Gasteiger partial charge in [0.15, 0.2) is 12.3 Å². The first kappa shape index (κ1) is 19.3. The van der Waals surface area contributed by atoms with Crippen molar-refractivity contribution in [2.24, 2.45) is 0 Å². The average molecular weight is 370 g/mol. The second-order valence-electron chi connectivity index (χ2n) is 5.55. The van der Waals surface area contributed by atoms with Crippen molar-refractivity contribution in [3.8, 4) is 5.75 Å². The standard InChI is InChI=1S/C16H17F3N4O3/c1-10-3-4-11(2)12(7-10)26-9-15(25)21-20-14(24)8-23-6-5-13(22-23)16(17,18)19/h3-7H,8-9H2,1-2H3,(H,20,24)(H,21,25). The van der Waals surface area contributed by atoms with Crippen LogP contribution < -0.4 is 15.6 Å². The molecule has 0 aliphatic carbocycles. The molecular weight excluding hydrogens is 353 g/mol. The Bertz CT molecular complexity index is 802. The summed E-state index contributed by atoms with van der Waals surface area (Å²) in [5.41, 5.74) is 4.92. The Morgan fingerprint density at radius 2 is 1.85 bits per heavy atom. The van der Waals surface area contributed by atoms with Crippen LogP contribution >= 0.6 is 0 Å². The molecule has 7 nitrogen and oxygen atoms in total. The van der Waals surface area contributed by atoms with Gasteiger partial charge in [-0.3, -0.25) is 25.1 Å². The summed E-state index contributed by atoms with van der Waals surface area (Å²) in [6.07, 6.45) is -3.56. The average Bonchev–Trinajstić information content (AvgIpc) is 3.02. The number of hydrazine groups is 1. The third kappa shape index (κ3) is 5.50. The molecule has 0 saturated carbocycles. The minimum atomic E-state index is -4.58. The molecule has 0 fully saturated rings. The van der Waals surface area contributed by atoms with E-state index in [1.54, 1.807) is 6.07 Å². The van der Waals surface area contributed by atoms with E-state index in [1.807, 2.05) is 26.0 Å². The quantitative estimate of drug-likeness (QED) is 0.786. The number of ether oxygens (including phenoxy) is 1. The van der Waals surface area contributed by atoms with E-state index in [2.05, 4.69) is 16.0 Å². The zero-order valence-corrected chi connectivity index (χ0v) is 14.1. The SMILES string of the molecule is Cc1ccc(C)c(OCC(=O)NNC(=O)Cn2ccc(C(F)(F)F)n2)c1. The Hall–Kier alpha value is -3.04. The highest BCUT2D eigenvalue weighted by atomic mass is 19.4. The van der Waals surface area contributed by atoms with Crippen molar-refractivity contribution < 1.29 is 27.5 Å². The van der Waals surface area contributed by atoms with Crippen LogP contribution in [0, 0.1) is 13.8 Å². The number of hydrogen-bond acceptors (Lipinski definition) is 4. The van der Waals surface area contributed by atoms with Crippen LogP contribution in [-0.2, 0) is 22.3 Å². The molecule has 0 radical (unpaired) electrons. The Kier molecular flexibility index (Phi) is 5.86. The van der Waals surface area contributed by atoms with Crippen molar-refractivity contribution >= 4 is 11.8 Å². The molecule has 1 heterocycles. The van der Waals surface area contributed by atoms with Crippen molar-refractivity contribution in [1.82, 2.24) is 20.6 Å². The summed E-state index contributed by atoms with van der Waals surface area (Å²) in [5, 5.41) is 3.24. The first-order chi connectivity index (χ1) is 12.1. The van der Waals surface area contributed by atoms with E-state index >= 15 is 0 Å². The van der Waals surface area contributed by atoms with E-state index in [4.69, 9.17) is 4.74 Å². The van der Waals surface area contributed by atoms with E-state index in [0.717, 1.165) is 28.1 Å². The zero-order chi connectivity index (χ0) is 19.3. The molecular formula is C16H17F3N4O3. The van der Waals surface area contributed by atoms with Crippen LogP contribution in [0.4, 0.5) is 13.2 Å². The Balaban J connectivity index is 1.77. The fourth-order valence-corrected chi connectivity index (χ4v) is 1.97. The largest absolute Gasteiger partial charge is 0.483 e. The summed E-state index contributed by atoms with van der Waals surface area (Å²) < 4.78 is 43.5. The van der Waals surface area contributed by atoms with Crippen LogP contribution in [0.5, 0.6) is 5.75 Å². The Morgan fingerprint density at radius 1 is 1.15 bits per heavy atom. The lowest BCUT2D eigenvalue weighted by molar-refractivity contribution is -0.141. The van der Waals surface area contributed by atoms with E-state index in [-0.39, 0.29) is 6.61 Å². The minimum absolute atomic E-state index is 0.329. The maximum atomic E-state index is 12.4. The van der Waals surface area contributed by atoms with Crippen molar-refractivity contribution in [3.05, 3.63) is 47.3 Å². The highest BCUT2D eigenvalue weighted by Gasteiger charge is 2.33. The van der Waals surface area contributed by atoms with Crippen LogP contribution in [0.15, 0.2) is 30.5 Å². The van der Waals surface area contributed by atoms with Crippen molar-refractivity contribution in [2.75, 3.05) is 6.61 Å². The van der Waals surface area contributed by atoms with Crippen molar-refractivity contribution in [2.45, 2.75) is 26.6 Å². The van der Waals surface area contributed by atoms with Crippen molar-refractivity contribution in [3.63, 3.8) is 0 Å². The van der Waals surface area contributed by atoms with Gasteiger partial charge in [0.1, 0.15) is 12.3 Å². The van der Waals surface area contributed by atoms with Gasteiger partial charge >= 0.3 is 6.18 Å². The lowest BCUT2D eigenvalue weighted by Gasteiger charge is -2.11. The van der Waals surface area contributed by atoms with Gasteiger partial charge in [0.25, 0.3) is 11.8 Å².